The van der Waals surface area contributed by atoms with Crippen LogP contribution < -0.4 is 16.0 Å². The zero-order valence-corrected chi connectivity index (χ0v) is 14.9. The highest BCUT2D eigenvalue weighted by Gasteiger charge is 2.25. The SMILES string of the molecule is NCc1ccn2ncc(C(=O)NCC3CCN(c4ccccc4F)C3)c2c1. The fourth-order valence-corrected chi connectivity index (χ4v) is 3.58. The topological polar surface area (TPSA) is 75.7 Å². The maximum Gasteiger partial charge on any atom is 0.255 e. The van der Waals surface area contributed by atoms with Crippen LogP contribution in [0.4, 0.5) is 10.1 Å². The molecule has 4 rings (SSSR count). The number of halogens is 1. The van der Waals surface area contributed by atoms with Gasteiger partial charge in [0, 0.05) is 32.4 Å². The number of benzene rings is 1. The summed E-state index contributed by atoms with van der Waals surface area (Å²) in [6.07, 6.45) is 4.30. The van der Waals surface area contributed by atoms with Gasteiger partial charge >= 0.3 is 0 Å². The van der Waals surface area contributed by atoms with Gasteiger partial charge in [-0.25, -0.2) is 8.91 Å². The minimum absolute atomic E-state index is 0.150. The molecule has 1 aliphatic heterocycles. The lowest BCUT2D eigenvalue weighted by Gasteiger charge is -2.19. The van der Waals surface area contributed by atoms with Crippen LogP contribution in [-0.2, 0) is 6.54 Å². The second-order valence-corrected chi connectivity index (χ2v) is 6.89. The van der Waals surface area contributed by atoms with Crippen molar-refractivity contribution < 1.29 is 9.18 Å². The Morgan fingerprint density at radius 1 is 1.33 bits per heavy atom. The van der Waals surface area contributed by atoms with E-state index >= 15 is 0 Å². The molecule has 3 N–H and O–H groups in total. The molecule has 0 saturated carbocycles. The van der Waals surface area contributed by atoms with Crippen molar-refractivity contribution in [2.45, 2.75) is 13.0 Å². The van der Waals surface area contributed by atoms with Crippen LogP contribution in [-0.4, -0.2) is 35.2 Å². The Hall–Kier alpha value is -2.93. The summed E-state index contributed by atoms with van der Waals surface area (Å²) in [4.78, 5) is 14.6. The smallest absolute Gasteiger partial charge is 0.255 e. The van der Waals surface area contributed by atoms with Crippen molar-refractivity contribution in [2.75, 3.05) is 24.5 Å². The normalized spacial score (nSPS) is 16.8. The Kier molecular flexibility index (Phi) is 4.77. The quantitative estimate of drug-likeness (QED) is 0.725. The molecule has 0 aliphatic carbocycles. The Morgan fingerprint density at radius 2 is 2.19 bits per heavy atom. The summed E-state index contributed by atoms with van der Waals surface area (Å²) in [5, 5.41) is 7.22. The molecule has 3 aromatic rings. The maximum absolute atomic E-state index is 13.9. The molecule has 27 heavy (non-hydrogen) atoms. The number of nitrogens with one attached hydrogen (secondary N) is 1. The van der Waals surface area contributed by atoms with E-state index in [1.807, 2.05) is 23.1 Å². The van der Waals surface area contributed by atoms with Crippen molar-refractivity contribution in [3.05, 3.63) is 65.7 Å². The first kappa shape index (κ1) is 17.5. The molecule has 1 atom stereocenters. The van der Waals surface area contributed by atoms with Crippen molar-refractivity contribution in [3.8, 4) is 0 Å². The number of pyridine rings is 1. The van der Waals surface area contributed by atoms with E-state index in [0.29, 0.717) is 24.3 Å². The van der Waals surface area contributed by atoms with Crippen molar-refractivity contribution in [2.24, 2.45) is 11.7 Å². The number of hydrogen-bond donors (Lipinski definition) is 2. The zero-order valence-electron chi connectivity index (χ0n) is 14.9. The highest BCUT2D eigenvalue weighted by Crippen LogP contribution is 2.25. The van der Waals surface area contributed by atoms with Crippen LogP contribution in [0.2, 0.25) is 0 Å². The summed E-state index contributed by atoms with van der Waals surface area (Å²) in [5.74, 6) is -0.0669. The van der Waals surface area contributed by atoms with Crippen LogP contribution >= 0.6 is 0 Å². The summed E-state index contributed by atoms with van der Waals surface area (Å²) in [6, 6.07) is 10.6. The van der Waals surface area contributed by atoms with E-state index in [-0.39, 0.29) is 17.6 Å². The molecule has 1 saturated heterocycles. The third kappa shape index (κ3) is 3.50. The van der Waals surface area contributed by atoms with Crippen molar-refractivity contribution in [3.63, 3.8) is 0 Å². The lowest BCUT2D eigenvalue weighted by atomic mass is 10.1. The largest absolute Gasteiger partial charge is 0.369 e. The number of rotatable bonds is 5. The van der Waals surface area contributed by atoms with Crippen molar-refractivity contribution >= 4 is 17.1 Å². The van der Waals surface area contributed by atoms with Gasteiger partial charge in [-0.05, 0) is 42.2 Å². The summed E-state index contributed by atoms with van der Waals surface area (Å²) < 4.78 is 15.6. The number of hydrogen-bond acceptors (Lipinski definition) is 4. The average Bonchev–Trinajstić information content (AvgIpc) is 3.33. The molecule has 0 bridgehead atoms. The summed E-state index contributed by atoms with van der Waals surface area (Å²) >= 11 is 0. The van der Waals surface area contributed by atoms with E-state index < -0.39 is 0 Å². The molecule has 0 spiro atoms. The average molecular weight is 367 g/mol. The first-order chi connectivity index (χ1) is 13.2. The van der Waals surface area contributed by atoms with Gasteiger partial charge in [-0.3, -0.25) is 4.79 Å². The summed E-state index contributed by atoms with van der Waals surface area (Å²) in [6.45, 7) is 2.49. The summed E-state index contributed by atoms with van der Waals surface area (Å²) in [7, 11) is 0. The Morgan fingerprint density at radius 3 is 3.00 bits per heavy atom. The molecular weight excluding hydrogens is 345 g/mol. The third-order valence-electron chi connectivity index (χ3n) is 5.10. The highest BCUT2D eigenvalue weighted by atomic mass is 19.1. The van der Waals surface area contributed by atoms with E-state index in [9.17, 15) is 9.18 Å². The van der Waals surface area contributed by atoms with Gasteiger partial charge in [-0.15, -0.1) is 0 Å². The molecule has 1 fully saturated rings. The number of fused-ring (bicyclic) bond motifs is 1. The predicted octanol–water partition coefficient (Wildman–Crippen LogP) is 2.19. The van der Waals surface area contributed by atoms with Crippen LogP contribution in [0.5, 0.6) is 0 Å². The minimum Gasteiger partial charge on any atom is -0.369 e. The Bertz CT molecular complexity index is 970. The number of carbonyl (C=O) groups excluding carboxylic acids is 1. The summed E-state index contributed by atoms with van der Waals surface area (Å²) in [5.41, 5.74) is 8.55. The first-order valence-corrected chi connectivity index (χ1v) is 9.09. The number of para-hydroxylation sites is 1. The van der Waals surface area contributed by atoms with Gasteiger partial charge in [0.05, 0.1) is 23.0 Å². The number of aromatic nitrogens is 2. The highest BCUT2D eigenvalue weighted by molar-refractivity contribution is 6.00. The Balaban J connectivity index is 1.40. The monoisotopic (exact) mass is 367 g/mol. The number of nitrogens with zero attached hydrogens (tertiary/aromatic N) is 3. The molecular formula is C20H22FN5O. The lowest BCUT2D eigenvalue weighted by molar-refractivity contribution is 0.0950. The van der Waals surface area contributed by atoms with E-state index in [2.05, 4.69) is 10.4 Å². The van der Waals surface area contributed by atoms with Crippen LogP contribution in [0.15, 0.2) is 48.8 Å². The van der Waals surface area contributed by atoms with Crippen molar-refractivity contribution in [1.82, 2.24) is 14.9 Å². The number of anilines is 1. The number of amides is 1. The second-order valence-electron chi connectivity index (χ2n) is 6.89. The standard InChI is InChI=1S/C20H22FN5O/c21-17-3-1-2-4-18(17)25-7-5-15(13-25)11-23-20(27)16-12-24-26-8-6-14(10-22)9-19(16)26/h1-4,6,8-9,12,15H,5,7,10-11,13,22H2,(H,23,27). The van der Waals surface area contributed by atoms with Crippen LogP contribution in [0.3, 0.4) is 0 Å². The fourth-order valence-electron chi connectivity index (χ4n) is 3.58. The first-order valence-electron chi connectivity index (χ1n) is 9.09. The number of carbonyl (C=O) groups is 1. The van der Waals surface area contributed by atoms with Gasteiger partial charge in [-0.2, -0.15) is 5.10 Å². The van der Waals surface area contributed by atoms with E-state index in [1.165, 1.54) is 6.07 Å². The third-order valence-corrected chi connectivity index (χ3v) is 5.10. The van der Waals surface area contributed by atoms with E-state index in [1.54, 1.807) is 29.0 Å². The van der Waals surface area contributed by atoms with Crippen LogP contribution in [0.1, 0.15) is 22.3 Å². The van der Waals surface area contributed by atoms with Crippen LogP contribution in [0, 0.1) is 11.7 Å². The molecule has 1 unspecified atom stereocenters. The van der Waals surface area contributed by atoms with Gasteiger partial charge < -0.3 is 16.0 Å². The molecule has 7 heteroatoms. The van der Waals surface area contributed by atoms with Crippen LogP contribution in [0.25, 0.3) is 5.52 Å². The molecule has 140 valence electrons. The maximum atomic E-state index is 13.9. The van der Waals surface area contributed by atoms with Gasteiger partial charge in [0.25, 0.3) is 5.91 Å². The molecule has 1 aliphatic rings. The molecule has 1 aromatic carbocycles. The van der Waals surface area contributed by atoms with Crippen molar-refractivity contribution in [1.29, 1.82) is 0 Å². The molecule has 2 aromatic heterocycles. The lowest BCUT2D eigenvalue weighted by Crippen LogP contribution is -2.31. The van der Waals surface area contributed by atoms with Gasteiger partial charge in [0.2, 0.25) is 0 Å². The van der Waals surface area contributed by atoms with E-state index in [4.69, 9.17) is 5.73 Å². The van der Waals surface area contributed by atoms with Gasteiger partial charge in [0.1, 0.15) is 5.82 Å². The number of nitrogens with two attached hydrogens (primary N) is 1. The Labute approximate surface area is 156 Å². The van der Waals surface area contributed by atoms with Gasteiger partial charge in [-0.1, -0.05) is 12.1 Å². The molecule has 1 amide bonds. The van der Waals surface area contributed by atoms with E-state index in [0.717, 1.165) is 30.6 Å². The predicted molar refractivity (Wildman–Crippen MR) is 102 cm³/mol. The molecule has 0 radical (unpaired) electrons. The zero-order chi connectivity index (χ0) is 18.8. The van der Waals surface area contributed by atoms with Gasteiger partial charge in [0.15, 0.2) is 0 Å². The minimum atomic E-state index is -0.204. The second kappa shape index (κ2) is 7.36. The molecule has 6 nitrogen and oxygen atoms in total. The fraction of sp³-hybridized carbons (Fsp3) is 0.300. The molecule has 3 heterocycles.